The molecule has 0 saturated heterocycles. The Labute approximate surface area is 184 Å². The van der Waals surface area contributed by atoms with E-state index in [9.17, 15) is 18.0 Å². The fraction of sp³-hybridized carbons (Fsp3) is 0.182. The van der Waals surface area contributed by atoms with Crippen LogP contribution in [-0.4, -0.2) is 32.6 Å². The first kappa shape index (κ1) is 22.1. The lowest BCUT2D eigenvalue weighted by atomic mass is 10.1. The van der Waals surface area contributed by atoms with E-state index >= 15 is 0 Å². The van der Waals surface area contributed by atoms with Crippen molar-refractivity contribution in [3.8, 4) is 29.0 Å². The average molecular weight is 459 g/mol. The van der Waals surface area contributed by atoms with Crippen molar-refractivity contribution in [3.05, 3.63) is 59.3 Å². The maximum absolute atomic E-state index is 12.7. The molecule has 2 aromatic carbocycles. The van der Waals surface area contributed by atoms with Crippen LogP contribution in [0.25, 0.3) is 22.7 Å². The largest absolute Gasteiger partial charge is 0.481 e. The van der Waals surface area contributed by atoms with E-state index in [0.29, 0.717) is 28.0 Å². The molecule has 0 amide bonds. The van der Waals surface area contributed by atoms with Crippen LogP contribution < -0.4 is 9.47 Å². The quantitative estimate of drug-likeness (QED) is 0.421. The Bertz CT molecular complexity index is 1310. The summed E-state index contributed by atoms with van der Waals surface area (Å²) in [6, 6.07) is 7.49. The molecule has 1 N–H and O–H groups in total. The van der Waals surface area contributed by atoms with Crippen molar-refractivity contribution in [1.82, 2.24) is 15.0 Å². The molecule has 0 bridgehead atoms. The molecule has 4 aromatic rings. The van der Waals surface area contributed by atoms with Crippen LogP contribution in [0.5, 0.6) is 17.5 Å². The SMILES string of the molecule is Cc1cc(-c2nc3cnc(Oc4ccc(C(F)(F)F)cc4)nc3o2)cc(C)c1OCC(=O)O. The van der Waals surface area contributed by atoms with Gasteiger partial charge in [-0.15, -0.1) is 0 Å². The molecule has 0 aliphatic rings. The number of nitrogens with zero attached hydrogens (tertiary/aromatic N) is 3. The lowest BCUT2D eigenvalue weighted by Gasteiger charge is -2.11. The van der Waals surface area contributed by atoms with Gasteiger partial charge >= 0.3 is 18.2 Å². The number of ether oxygens (including phenoxy) is 2. The molecule has 0 spiro atoms. The molecule has 2 heterocycles. The number of fused-ring (bicyclic) bond motifs is 1. The molecule has 0 aliphatic heterocycles. The molecule has 11 heteroatoms. The van der Waals surface area contributed by atoms with Gasteiger partial charge in [0.1, 0.15) is 17.0 Å². The third kappa shape index (κ3) is 4.86. The number of oxazole rings is 1. The Hall–Kier alpha value is -4.15. The van der Waals surface area contributed by atoms with Gasteiger partial charge in [-0.2, -0.15) is 18.2 Å². The zero-order chi connectivity index (χ0) is 23.8. The minimum atomic E-state index is -4.44. The molecule has 2 aromatic heterocycles. The second-order valence-corrected chi connectivity index (χ2v) is 7.11. The molecule has 4 rings (SSSR count). The fourth-order valence-electron chi connectivity index (χ4n) is 3.15. The minimum absolute atomic E-state index is 0.116. The van der Waals surface area contributed by atoms with Gasteiger partial charge in [-0.1, -0.05) is 0 Å². The first-order valence-corrected chi connectivity index (χ1v) is 9.55. The van der Waals surface area contributed by atoms with E-state index < -0.39 is 24.3 Å². The van der Waals surface area contributed by atoms with E-state index in [1.807, 2.05) is 0 Å². The van der Waals surface area contributed by atoms with E-state index in [-0.39, 0.29) is 23.4 Å². The summed E-state index contributed by atoms with van der Waals surface area (Å²) in [5, 5.41) is 8.81. The summed E-state index contributed by atoms with van der Waals surface area (Å²) >= 11 is 0. The van der Waals surface area contributed by atoms with Crippen molar-refractivity contribution in [1.29, 1.82) is 0 Å². The zero-order valence-electron chi connectivity index (χ0n) is 17.3. The van der Waals surface area contributed by atoms with Crippen LogP contribution in [0.1, 0.15) is 16.7 Å². The number of rotatable bonds is 6. The van der Waals surface area contributed by atoms with Crippen LogP contribution in [0.15, 0.2) is 47.0 Å². The molecule has 8 nitrogen and oxygen atoms in total. The zero-order valence-corrected chi connectivity index (χ0v) is 17.3. The molecule has 0 unspecified atom stereocenters. The Morgan fingerprint density at radius 1 is 1.09 bits per heavy atom. The van der Waals surface area contributed by atoms with Gasteiger partial charge in [-0.25, -0.2) is 14.8 Å². The van der Waals surface area contributed by atoms with Gasteiger partial charge < -0.3 is 19.0 Å². The highest BCUT2D eigenvalue weighted by atomic mass is 19.4. The van der Waals surface area contributed by atoms with Gasteiger partial charge in [-0.05, 0) is 61.4 Å². The average Bonchev–Trinajstić information content (AvgIpc) is 3.16. The van der Waals surface area contributed by atoms with Crippen molar-refractivity contribution in [2.24, 2.45) is 0 Å². The summed E-state index contributed by atoms with van der Waals surface area (Å²) in [6.07, 6.45) is -3.07. The van der Waals surface area contributed by atoms with Gasteiger partial charge in [0, 0.05) is 5.56 Å². The standard InChI is InChI=1S/C22H16F3N3O5/c1-11-7-13(8-12(2)18(11)31-10-17(29)30)19-27-16-9-26-21(28-20(16)33-19)32-15-5-3-14(4-6-15)22(23,24)25/h3-9H,10H2,1-2H3,(H,29,30). The predicted molar refractivity (Wildman–Crippen MR) is 109 cm³/mol. The number of aryl methyl sites for hydroxylation is 2. The number of aromatic nitrogens is 3. The number of carboxylic acids is 1. The van der Waals surface area contributed by atoms with Gasteiger partial charge in [0.05, 0.1) is 11.8 Å². The highest BCUT2D eigenvalue weighted by molar-refractivity contribution is 5.73. The molecular formula is C22H16F3N3O5. The summed E-state index contributed by atoms with van der Waals surface area (Å²) in [7, 11) is 0. The van der Waals surface area contributed by atoms with Crippen LogP contribution in [0.3, 0.4) is 0 Å². The molecule has 0 aliphatic carbocycles. The van der Waals surface area contributed by atoms with E-state index in [2.05, 4.69) is 15.0 Å². The topological polar surface area (TPSA) is 108 Å². The van der Waals surface area contributed by atoms with Crippen molar-refractivity contribution < 1.29 is 37.0 Å². The van der Waals surface area contributed by atoms with Crippen molar-refractivity contribution >= 4 is 17.2 Å². The Balaban J connectivity index is 1.58. The maximum atomic E-state index is 12.7. The van der Waals surface area contributed by atoms with Gasteiger partial charge in [-0.3, -0.25) is 0 Å². The smallest absolute Gasteiger partial charge is 0.416 e. The maximum Gasteiger partial charge on any atom is 0.416 e. The summed E-state index contributed by atoms with van der Waals surface area (Å²) in [6.45, 7) is 3.08. The molecular weight excluding hydrogens is 443 g/mol. The van der Waals surface area contributed by atoms with Crippen LogP contribution in [0.2, 0.25) is 0 Å². The van der Waals surface area contributed by atoms with Crippen LogP contribution in [-0.2, 0) is 11.0 Å². The first-order valence-electron chi connectivity index (χ1n) is 9.55. The second kappa shape index (κ2) is 8.41. The van der Waals surface area contributed by atoms with Crippen molar-refractivity contribution in [2.45, 2.75) is 20.0 Å². The number of carboxylic acid groups (broad SMARTS) is 1. The predicted octanol–water partition coefficient (Wildman–Crippen LogP) is 5.18. The second-order valence-electron chi connectivity index (χ2n) is 7.11. The van der Waals surface area contributed by atoms with E-state index in [4.69, 9.17) is 19.0 Å². The normalized spacial score (nSPS) is 11.5. The number of benzene rings is 2. The van der Waals surface area contributed by atoms with Gasteiger partial charge in [0.25, 0.3) is 5.71 Å². The van der Waals surface area contributed by atoms with Crippen LogP contribution in [0, 0.1) is 13.8 Å². The third-order valence-electron chi connectivity index (χ3n) is 4.57. The third-order valence-corrected chi connectivity index (χ3v) is 4.57. The number of carbonyl (C=O) groups is 1. The monoisotopic (exact) mass is 459 g/mol. The van der Waals surface area contributed by atoms with Crippen LogP contribution >= 0.6 is 0 Å². The van der Waals surface area contributed by atoms with Crippen molar-refractivity contribution in [2.75, 3.05) is 6.61 Å². The molecule has 0 saturated carbocycles. The Morgan fingerprint density at radius 3 is 2.36 bits per heavy atom. The highest BCUT2D eigenvalue weighted by Gasteiger charge is 2.30. The highest BCUT2D eigenvalue weighted by Crippen LogP contribution is 2.33. The Morgan fingerprint density at radius 2 is 1.76 bits per heavy atom. The van der Waals surface area contributed by atoms with E-state index in [1.165, 1.54) is 18.3 Å². The number of hydrogen-bond acceptors (Lipinski definition) is 7. The van der Waals surface area contributed by atoms with Gasteiger partial charge in [0.2, 0.25) is 5.89 Å². The summed E-state index contributed by atoms with van der Waals surface area (Å²) in [4.78, 5) is 23.3. The number of halogens is 3. The fourth-order valence-corrected chi connectivity index (χ4v) is 3.15. The van der Waals surface area contributed by atoms with Gasteiger partial charge in [0.15, 0.2) is 6.61 Å². The van der Waals surface area contributed by atoms with Crippen molar-refractivity contribution in [3.63, 3.8) is 0 Å². The number of aliphatic carboxylic acids is 1. The molecule has 33 heavy (non-hydrogen) atoms. The molecule has 170 valence electrons. The molecule has 0 atom stereocenters. The number of alkyl halides is 3. The Kier molecular flexibility index (Phi) is 5.62. The van der Waals surface area contributed by atoms with E-state index in [0.717, 1.165) is 12.1 Å². The van der Waals surface area contributed by atoms with Crippen LogP contribution in [0.4, 0.5) is 13.2 Å². The molecule has 0 fully saturated rings. The summed E-state index contributed by atoms with van der Waals surface area (Å²) in [5.74, 6) is -0.235. The minimum Gasteiger partial charge on any atom is -0.481 e. The summed E-state index contributed by atoms with van der Waals surface area (Å²) < 4.78 is 54.5. The summed E-state index contributed by atoms with van der Waals surface area (Å²) in [5.41, 5.74) is 1.71. The first-order chi connectivity index (χ1) is 15.6. The molecule has 0 radical (unpaired) electrons. The number of hydrogen-bond donors (Lipinski definition) is 1. The van der Waals surface area contributed by atoms with E-state index in [1.54, 1.807) is 26.0 Å². The lowest BCUT2D eigenvalue weighted by molar-refractivity contribution is -0.139. The lowest BCUT2D eigenvalue weighted by Crippen LogP contribution is -2.10.